The number of rotatable bonds is 3. The molecule has 2 N–H and O–H groups in total. The summed E-state index contributed by atoms with van der Waals surface area (Å²) in [4.78, 5) is 10.9. The Morgan fingerprint density at radius 3 is 2.91 bits per heavy atom. The summed E-state index contributed by atoms with van der Waals surface area (Å²) >= 11 is 0. The van der Waals surface area contributed by atoms with Crippen LogP contribution < -0.4 is 5.56 Å². The van der Waals surface area contributed by atoms with E-state index >= 15 is 0 Å². The minimum atomic E-state index is -0.0642. The number of aromatic nitrogens is 3. The van der Waals surface area contributed by atoms with Crippen molar-refractivity contribution in [1.29, 1.82) is 0 Å². The van der Waals surface area contributed by atoms with E-state index in [2.05, 4.69) is 15.4 Å². The van der Waals surface area contributed by atoms with Gasteiger partial charge >= 0.3 is 0 Å². The molecule has 0 saturated heterocycles. The van der Waals surface area contributed by atoms with Gasteiger partial charge in [-0.1, -0.05) is 12.8 Å². The molecule has 0 spiro atoms. The topological polar surface area (TPSA) is 61.5 Å². The minimum absolute atomic E-state index is 0.0642. The normalized spacial score (nSPS) is 17.1. The highest BCUT2D eigenvalue weighted by atomic mass is 16.1. The van der Waals surface area contributed by atoms with Crippen LogP contribution in [0.15, 0.2) is 4.79 Å². The fourth-order valence-electron chi connectivity index (χ4n) is 1.19. The van der Waals surface area contributed by atoms with Crippen molar-refractivity contribution in [2.45, 2.75) is 25.7 Å². The molecule has 0 unspecified atom stereocenters. The number of hydrogen-bond acceptors (Lipinski definition) is 2. The van der Waals surface area contributed by atoms with Gasteiger partial charge in [0.05, 0.1) is 0 Å². The molecule has 1 saturated carbocycles. The van der Waals surface area contributed by atoms with Crippen LogP contribution in [0.2, 0.25) is 0 Å². The molecule has 0 aromatic carbocycles. The zero-order valence-electron chi connectivity index (χ0n) is 6.26. The van der Waals surface area contributed by atoms with Crippen LogP contribution in [0, 0.1) is 5.92 Å². The average molecular weight is 153 g/mol. The predicted molar refractivity (Wildman–Crippen MR) is 40.3 cm³/mol. The lowest BCUT2D eigenvalue weighted by molar-refractivity contribution is 0.709. The number of aryl methyl sites for hydroxylation is 1. The Morgan fingerprint density at radius 1 is 1.55 bits per heavy atom. The lowest BCUT2D eigenvalue weighted by Crippen LogP contribution is -2.06. The summed E-state index contributed by atoms with van der Waals surface area (Å²) in [7, 11) is 0. The number of nitrogens with one attached hydrogen (secondary N) is 2. The molecule has 1 aliphatic rings. The van der Waals surface area contributed by atoms with Gasteiger partial charge < -0.3 is 0 Å². The van der Waals surface area contributed by atoms with E-state index in [0.717, 1.165) is 18.8 Å². The highest BCUT2D eigenvalue weighted by Crippen LogP contribution is 2.32. The van der Waals surface area contributed by atoms with E-state index in [-0.39, 0.29) is 5.56 Å². The summed E-state index contributed by atoms with van der Waals surface area (Å²) in [6.45, 7) is 0. The first-order chi connectivity index (χ1) is 5.36. The van der Waals surface area contributed by atoms with E-state index in [9.17, 15) is 4.79 Å². The van der Waals surface area contributed by atoms with E-state index in [4.69, 9.17) is 0 Å². The summed E-state index contributed by atoms with van der Waals surface area (Å²) in [5, 5.41) is 8.70. The predicted octanol–water partition coefficient (Wildman–Crippen LogP) is 0.441. The van der Waals surface area contributed by atoms with Crippen molar-refractivity contribution >= 4 is 0 Å². The van der Waals surface area contributed by atoms with E-state index in [1.807, 2.05) is 0 Å². The molecule has 2 rings (SSSR count). The zero-order chi connectivity index (χ0) is 7.68. The van der Waals surface area contributed by atoms with Crippen LogP contribution in [-0.4, -0.2) is 15.4 Å². The van der Waals surface area contributed by atoms with Gasteiger partial charge in [0, 0.05) is 0 Å². The third kappa shape index (κ3) is 1.50. The van der Waals surface area contributed by atoms with Crippen molar-refractivity contribution in [3.05, 3.63) is 16.0 Å². The first-order valence-corrected chi connectivity index (χ1v) is 3.98. The molecule has 0 bridgehead atoms. The van der Waals surface area contributed by atoms with Crippen molar-refractivity contribution < 1.29 is 0 Å². The molecular weight excluding hydrogens is 142 g/mol. The van der Waals surface area contributed by atoms with Crippen LogP contribution in [0.25, 0.3) is 0 Å². The number of hydrogen-bond donors (Lipinski definition) is 2. The fraction of sp³-hybridized carbons (Fsp3) is 0.714. The second-order valence-corrected chi connectivity index (χ2v) is 3.11. The molecule has 0 radical (unpaired) electrons. The SMILES string of the molecule is O=c1[nH][nH]nc1CCC1CC1. The largest absolute Gasteiger partial charge is 0.287 e. The molecular formula is C7H11N3O. The third-order valence-corrected chi connectivity index (χ3v) is 2.11. The summed E-state index contributed by atoms with van der Waals surface area (Å²) in [6.07, 6.45) is 4.61. The van der Waals surface area contributed by atoms with Gasteiger partial charge in [0.1, 0.15) is 5.69 Å². The van der Waals surface area contributed by atoms with Crippen LogP contribution >= 0.6 is 0 Å². The van der Waals surface area contributed by atoms with Gasteiger partial charge in [0.25, 0.3) is 5.56 Å². The van der Waals surface area contributed by atoms with Gasteiger partial charge in [-0.25, -0.2) is 10.3 Å². The molecule has 1 heterocycles. The maximum atomic E-state index is 10.9. The summed E-state index contributed by atoms with van der Waals surface area (Å²) in [5.74, 6) is 0.867. The van der Waals surface area contributed by atoms with Crippen LogP contribution in [0.3, 0.4) is 0 Å². The van der Waals surface area contributed by atoms with E-state index in [1.165, 1.54) is 12.8 Å². The highest BCUT2D eigenvalue weighted by Gasteiger charge is 2.21. The van der Waals surface area contributed by atoms with Crippen molar-refractivity contribution in [3.8, 4) is 0 Å². The molecule has 11 heavy (non-hydrogen) atoms. The minimum Gasteiger partial charge on any atom is -0.266 e. The Bertz CT molecular complexity index is 284. The van der Waals surface area contributed by atoms with Crippen LogP contribution in [0.1, 0.15) is 25.0 Å². The fourth-order valence-corrected chi connectivity index (χ4v) is 1.19. The lowest BCUT2D eigenvalue weighted by Gasteiger charge is -1.89. The standard InChI is InChI=1S/C7H11N3O/c11-7-6(8-10-9-7)4-3-5-1-2-5/h5H,1-4H2,(H2,8,9,10,11). The summed E-state index contributed by atoms with van der Waals surface area (Å²) in [6, 6.07) is 0. The molecule has 4 nitrogen and oxygen atoms in total. The molecule has 4 heteroatoms. The molecule has 0 amide bonds. The maximum Gasteiger partial charge on any atom is 0.287 e. The Kier molecular flexibility index (Phi) is 1.52. The molecule has 1 aliphatic carbocycles. The van der Waals surface area contributed by atoms with Gasteiger partial charge in [0.15, 0.2) is 0 Å². The van der Waals surface area contributed by atoms with E-state index < -0.39 is 0 Å². The van der Waals surface area contributed by atoms with E-state index in [1.54, 1.807) is 0 Å². The molecule has 60 valence electrons. The number of aromatic amines is 2. The van der Waals surface area contributed by atoms with Crippen molar-refractivity contribution in [3.63, 3.8) is 0 Å². The number of H-pyrrole nitrogens is 2. The Morgan fingerprint density at radius 2 is 2.36 bits per heavy atom. The lowest BCUT2D eigenvalue weighted by atomic mass is 10.2. The maximum absolute atomic E-state index is 10.9. The van der Waals surface area contributed by atoms with Gasteiger partial charge in [-0.3, -0.25) is 4.79 Å². The van der Waals surface area contributed by atoms with Gasteiger partial charge in [0.2, 0.25) is 0 Å². The van der Waals surface area contributed by atoms with Gasteiger partial charge in [-0.15, -0.1) is 0 Å². The van der Waals surface area contributed by atoms with Gasteiger partial charge in [-0.2, -0.15) is 5.10 Å². The Labute approximate surface area is 64.0 Å². The molecule has 1 fully saturated rings. The molecule has 1 aromatic heterocycles. The monoisotopic (exact) mass is 153 g/mol. The summed E-state index contributed by atoms with van der Waals surface area (Å²) in [5.41, 5.74) is 0.586. The van der Waals surface area contributed by atoms with Crippen LogP contribution in [-0.2, 0) is 6.42 Å². The first-order valence-electron chi connectivity index (χ1n) is 3.98. The Balaban J connectivity index is 1.94. The summed E-state index contributed by atoms with van der Waals surface area (Å²) < 4.78 is 0. The average Bonchev–Trinajstić information content (AvgIpc) is 2.73. The van der Waals surface area contributed by atoms with Crippen molar-refractivity contribution in [1.82, 2.24) is 15.4 Å². The molecule has 0 atom stereocenters. The van der Waals surface area contributed by atoms with Gasteiger partial charge in [-0.05, 0) is 18.8 Å². The van der Waals surface area contributed by atoms with Crippen LogP contribution in [0.4, 0.5) is 0 Å². The van der Waals surface area contributed by atoms with Crippen LogP contribution in [0.5, 0.6) is 0 Å². The Hall–Kier alpha value is -1.06. The quantitative estimate of drug-likeness (QED) is 0.662. The molecule has 0 aliphatic heterocycles. The number of nitrogens with zero attached hydrogens (tertiary/aromatic N) is 1. The van der Waals surface area contributed by atoms with Crippen molar-refractivity contribution in [2.75, 3.05) is 0 Å². The van der Waals surface area contributed by atoms with E-state index in [0.29, 0.717) is 5.69 Å². The highest BCUT2D eigenvalue weighted by molar-refractivity contribution is 4.93. The smallest absolute Gasteiger partial charge is 0.266 e. The zero-order valence-corrected chi connectivity index (χ0v) is 6.26. The second-order valence-electron chi connectivity index (χ2n) is 3.11. The molecule has 1 aromatic rings. The van der Waals surface area contributed by atoms with Crippen molar-refractivity contribution in [2.24, 2.45) is 5.92 Å². The third-order valence-electron chi connectivity index (χ3n) is 2.11. The second kappa shape index (κ2) is 2.53. The first kappa shape index (κ1) is 6.64.